The van der Waals surface area contributed by atoms with E-state index >= 15 is 0 Å². The molecule has 0 fully saturated rings. The molecule has 0 aliphatic heterocycles. The Balaban J connectivity index is 0.00000135. The molecular formula is C30H44F3N7O2. The summed E-state index contributed by atoms with van der Waals surface area (Å²) in [6.07, 6.45) is -1.84. The van der Waals surface area contributed by atoms with Crippen LogP contribution in [0.2, 0.25) is 0 Å². The third-order valence-electron chi connectivity index (χ3n) is 6.22. The number of aryl methyl sites for hydroxylation is 1. The number of anilines is 1. The van der Waals surface area contributed by atoms with Gasteiger partial charge in [-0.3, -0.25) is 4.57 Å². The average Bonchev–Trinajstić information content (AvgIpc) is 2.98. The minimum Gasteiger partial charge on any atom is -0.395 e. The number of hydrogen-bond donors (Lipinski definition) is 4. The quantitative estimate of drug-likeness (QED) is 0.222. The first-order chi connectivity index (χ1) is 20.0. The molecule has 0 bridgehead atoms. The Morgan fingerprint density at radius 3 is 2.33 bits per heavy atom. The summed E-state index contributed by atoms with van der Waals surface area (Å²) < 4.78 is 41.6. The van der Waals surface area contributed by atoms with Crippen molar-refractivity contribution in [2.75, 3.05) is 25.0 Å². The van der Waals surface area contributed by atoms with Gasteiger partial charge in [0.2, 0.25) is 0 Å². The molecule has 42 heavy (non-hydrogen) atoms. The number of alkyl halides is 3. The van der Waals surface area contributed by atoms with E-state index in [1.807, 2.05) is 33.8 Å². The highest BCUT2D eigenvalue weighted by Crippen LogP contribution is 2.33. The second-order valence-electron chi connectivity index (χ2n) is 9.47. The van der Waals surface area contributed by atoms with Gasteiger partial charge in [0.1, 0.15) is 17.3 Å². The fraction of sp³-hybridized carbons (Fsp3) is 0.533. The van der Waals surface area contributed by atoms with Crippen LogP contribution in [0.1, 0.15) is 82.8 Å². The van der Waals surface area contributed by atoms with Crippen molar-refractivity contribution in [2.24, 2.45) is 7.05 Å². The van der Waals surface area contributed by atoms with E-state index < -0.39 is 17.4 Å². The molecular weight excluding hydrogens is 547 g/mol. The van der Waals surface area contributed by atoms with E-state index in [0.29, 0.717) is 23.1 Å². The summed E-state index contributed by atoms with van der Waals surface area (Å²) in [4.78, 5) is 20.6. The molecule has 0 saturated heterocycles. The molecule has 9 nitrogen and oxygen atoms in total. The highest BCUT2D eigenvalue weighted by molar-refractivity contribution is 5.85. The number of nitriles is 1. The number of pyridine rings is 1. The van der Waals surface area contributed by atoms with E-state index in [4.69, 9.17) is 5.11 Å². The van der Waals surface area contributed by atoms with Crippen molar-refractivity contribution in [1.29, 1.82) is 5.26 Å². The lowest BCUT2D eigenvalue weighted by Crippen LogP contribution is -2.34. The van der Waals surface area contributed by atoms with Crippen LogP contribution < -0.4 is 21.6 Å². The standard InChI is InChI=1S/C24H28F3N7O2.C4H10.C2H6/c1-14(31-22-21-20(34(3)23(36)33-22)7-5-18(11-28)32-21)12-30-15(2)16-4-6-19(24(25,26)27)17(10-16)13-29-8-9-35;1-3-4-2;1-2/h4-7,10,14-15,29-30,35H,8-9,12-13H2,1-3H3,(H,31,33,36);3-4H2,1-2H3;1-2H3/t14-,15?;;/m0../s1. The molecule has 0 spiro atoms. The largest absolute Gasteiger partial charge is 0.416 e. The normalized spacial score (nSPS) is 12.3. The molecule has 3 rings (SSSR count). The number of fused-ring (bicyclic) bond motifs is 1. The maximum atomic E-state index is 13.4. The fourth-order valence-corrected chi connectivity index (χ4v) is 3.75. The van der Waals surface area contributed by atoms with Gasteiger partial charge in [0, 0.05) is 38.8 Å². The first kappa shape index (κ1) is 36.5. The van der Waals surface area contributed by atoms with Crippen molar-refractivity contribution >= 4 is 16.9 Å². The summed E-state index contributed by atoms with van der Waals surface area (Å²) in [6.45, 7) is 12.5. The summed E-state index contributed by atoms with van der Waals surface area (Å²) in [5.41, 5.74) is 0.689. The zero-order chi connectivity index (χ0) is 31.9. The van der Waals surface area contributed by atoms with Gasteiger partial charge >= 0.3 is 11.9 Å². The molecule has 1 unspecified atom stereocenters. The van der Waals surface area contributed by atoms with Gasteiger partial charge in [-0.05, 0) is 43.2 Å². The molecule has 1 aromatic carbocycles. The van der Waals surface area contributed by atoms with E-state index in [2.05, 4.69) is 39.8 Å². The van der Waals surface area contributed by atoms with Crippen LogP contribution >= 0.6 is 0 Å². The number of aromatic nitrogens is 3. The Kier molecular flexibility index (Phi) is 15.7. The van der Waals surface area contributed by atoms with Crippen molar-refractivity contribution in [1.82, 2.24) is 25.2 Å². The summed E-state index contributed by atoms with van der Waals surface area (Å²) >= 11 is 0. The monoisotopic (exact) mass is 591 g/mol. The smallest absolute Gasteiger partial charge is 0.395 e. The van der Waals surface area contributed by atoms with Crippen molar-refractivity contribution in [3.8, 4) is 6.07 Å². The highest BCUT2D eigenvalue weighted by atomic mass is 19.4. The molecule has 2 aromatic heterocycles. The third kappa shape index (κ3) is 10.7. The minimum atomic E-state index is -4.48. The van der Waals surface area contributed by atoms with Gasteiger partial charge in [0.05, 0.1) is 17.7 Å². The van der Waals surface area contributed by atoms with Crippen molar-refractivity contribution in [3.05, 3.63) is 63.2 Å². The van der Waals surface area contributed by atoms with Gasteiger partial charge in [0.25, 0.3) is 0 Å². The zero-order valence-corrected chi connectivity index (χ0v) is 25.6. The molecule has 4 N–H and O–H groups in total. The second-order valence-corrected chi connectivity index (χ2v) is 9.47. The summed E-state index contributed by atoms with van der Waals surface area (Å²) in [6, 6.07) is 8.64. The number of nitrogens with one attached hydrogen (secondary N) is 3. The lowest BCUT2D eigenvalue weighted by Gasteiger charge is -2.22. The SMILES string of the molecule is CC.CC(NC[C@H](C)Nc1nc(=O)n(C)c2ccc(C#N)nc12)c1ccc(C(F)(F)F)c(CNCCO)c1.CCCC. The van der Waals surface area contributed by atoms with Crippen LogP contribution in [0.15, 0.2) is 35.1 Å². The van der Waals surface area contributed by atoms with E-state index in [-0.39, 0.29) is 48.9 Å². The first-order valence-corrected chi connectivity index (χ1v) is 14.3. The number of aliphatic hydroxyl groups excluding tert-OH is 1. The van der Waals surface area contributed by atoms with Gasteiger partial charge in [-0.25, -0.2) is 9.78 Å². The van der Waals surface area contributed by atoms with E-state index in [1.54, 1.807) is 13.1 Å². The average molecular weight is 592 g/mol. The van der Waals surface area contributed by atoms with Gasteiger partial charge in [-0.1, -0.05) is 52.7 Å². The number of aliphatic hydroxyl groups is 1. The van der Waals surface area contributed by atoms with E-state index in [0.717, 1.165) is 6.07 Å². The molecule has 2 heterocycles. The Labute approximate surface area is 246 Å². The maximum absolute atomic E-state index is 13.4. The van der Waals surface area contributed by atoms with Gasteiger partial charge in [-0.15, -0.1) is 0 Å². The lowest BCUT2D eigenvalue weighted by atomic mass is 9.99. The van der Waals surface area contributed by atoms with Crippen LogP contribution in [0.4, 0.5) is 19.0 Å². The number of halogens is 3. The topological polar surface area (TPSA) is 128 Å². The number of unbranched alkanes of at least 4 members (excludes halogenated alkanes) is 1. The van der Waals surface area contributed by atoms with Crippen LogP contribution in [0.5, 0.6) is 0 Å². The summed E-state index contributed by atoms with van der Waals surface area (Å²) in [5, 5.41) is 27.3. The molecule has 0 saturated carbocycles. The Hall–Kier alpha value is -3.53. The summed E-state index contributed by atoms with van der Waals surface area (Å²) in [7, 11) is 1.57. The van der Waals surface area contributed by atoms with E-state index in [1.165, 1.54) is 35.6 Å². The Morgan fingerprint density at radius 2 is 1.76 bits per heavy atom. The third-order valence-corrected chi connectivity index (χ3v) is 6.22. The van der Waals surface area contributed by atoms with Crippen LogP contribution in [0.3, 0.4) is 0 Å². The number of nitrogens with zero attached hydrogens (tertiary/aromatic N) is 4. The van der Waals surface area contributed by atoms with Crippen LogP contribution in [0, 0.1) is 11.3 Å². The molecule has 12 heteroatoms. The minimum absolute atomic E-state index is 0.0205. The van der Waals surface area contributed by atoms with Crippen LogP contribution in [0.25, 0.3) is 11.0 Å². The molecule has 2 atom stereocenters. The number of benzene rings is 1. The van der Waals surface area contributed by atoms with E-state index in [9.17, 15) is 23.2 Å². The van der Waals surface area contributed by atoms with Crippen LogP contribution in [-0.4, -0.2) is 45.4 Å². The number of hydrogen-bond acceptors (Lipinski definition) is 8. The summed E-state index contributed by atoms with van der Waals surface area (Å²) in [5.74, 6) is 0.249. The predicted molar refractivity (Wildman–Crippen MR) is 161 cm³/mol. The maximum Gasteiger partial charge on any atom is 0.416 e. The van der Waals surface area contributed by atoms with Crippen molar-refractivity contribution < 1.29 is 18.3 Å². The molecule has 3 aromatic rings. The van der Waals surface area contributed by atoms with Gasteiger partial charge in [0.15, 0.2) is 5.82 Å². The second kappa shape index (κ2) is 18.1. The van der Waals surface area contributed by atoms with Crippen molar-refractivity contribution in [2.45, 2.75) is 79.2 Å². The molecule has 0 aliphatic rings. The predicted octanol–water partition coefficient (Wildman–Crippen LogP) is 5.28. The van der Waals surface area contributed by atoms with Gasteiger partial charge in [-0.2, -0.15) is 23.4 Å². The zero-order valence-electron chi connectivity index (χ0n) is 25.6. The Bertz CT molecular complexity index is 1350. The Morgan fingerprint density at radius 1 is 1.10 bits per heavy atom. The first-order valence-electron chi connectivity index (χ1n) is 14.3. The lowest BCUT2D eigenvalue weighted by molar-refractivity contribution is -0.138. The molecule has 0 radical (unpaired) electrons. The molecule has 0 amide bonds. The fourth-order valence-electron chi connectivity index (χ4n) is 3.75. The molecule has 232 valence electrons. The van der Waals surface area contributed by atoms with Gasteiger partial charge < -0.3 is 21.1 Å². The highest BCUT2D eigenvalue weighted by Gasteiger charge is 2.33. The molecule has 0 aliphatic carbocycles. The van der Waals surface area contributed by atoms with Crippen molar-refractivity contribution in [3.63, 3.8) is 0 Å². The number of rotatable bonds is 11. The van der Waals surface area contributed by atoms with Crippen LogP contribution in [-0.2, 0) is 19.8 Å².